The first-order valence-electron chi connectivity index (χ1n) is 6.16. The predicted octanol–water partition coefficient (Wildman–Crippen LogP) is 3.89. The third-order valence-electron chi connectivity index (χ3n) is 3.06. The van der Waals surface area contributed by atoms with Crippen LogP contribution in [-0.4, -0.2) is 16.1 Å². The van der Waals surface area contributed by atoms with Crippen LogP contribution >= 0.6 is 15.9 Å². The summed E-state index contributed by atoms with van der Waals surface area (Å²) in [4.78, 5) is 12.3. The highest BCUT2D eigenvalue weighted by Gasteiger charge is 2.14. The fraction of sp³-hybridized carbons (Fsp3) is 0.0667. The molecule has 2 aromatic carbocycles. The summed E-state index contributed by atoms with van der Waals surface area (Å²) in [5.74, 6) is -0.230. The van der Waals surface area contributed by atoms with Gasteiger partial charge in [-0.1, -0.05) is 24.3 Å². The standard InChI is InChI=1S/C15H12BrN3O/c1-9-6-7-13(11(16)8-9)17-15(20)14-10-4-2-3-5-12(10)18-19-14/h2-8H,1H3,(H,17,20)(H,18,19). The number of aryl methyl sites for hydroxylation is 1. The van der Waals surface area contributed by atoms with Crippen molar-refractivity contribution in [2.45, 2.75) is 6.92 Å². The van der Waals surface area contributed by atoms with E-state index in [2.05, 4.69) is 31.4 Å². The Balaban J connectivity index is 1.93. The lowest BCUT2D eigenvalue weighted by atomic mass is 10.2. The molecule has 5 heteroatoms. The smallest absolute Gasteiger partial charge is 0.276 e. The number of amides is 1. The van der Waals surface area contributed by atoms with Gasteiger partial charge >= 0.3 is 0 Å². The molecule has 20 heavy (non-hydrogen) atoms. The Bertz CT molecular complexity index is 795. The van der Waals surface area contributed by atoms with E-state index in [1.165, 1.54) is 0 Å². The number of hydrogen-bond donors (Lipinski definition) is 2. The topological polar surface area (TPSA) is 57.8 Å². The van der Waals surface area contributed by atoms with Crippen LogP contribution in [0.25, 0.3) is 10.9 Å². The van der Waals surface area contributed by atoms with E-state index in [-0.39, 0.29) is 5.91 Å². The normalized spacial score (nSPS) is 10.7. The van der Waals surface area contributed by atoms with Crippen LogP contribution in [0.5, 0.6) is 0 Å². The fourth-order valence-electron chi connectivity index (χ4n) is 2.04. The summed E-state index contributed by atoms with van der Waals surface area (Å²) in [6.45, 7) is 2.00. The Morgan fingerprint density at radius 2 is 2.05 bits per heavy atom. The van der Waals surface area contributed by atoms with Gasteiger partial charge < -0.3 is 5.32 Å². The molecule has 0 bridgehead atoms. The maximum Gasteiger partial charge on any atom is 0.276 e. The number of carbonyl (C=O) groups is 1. The number of nitrogens with one attached hydrogen (secondary N) is 2. The zero-order valence-corrected chi connectivity index (χ0v) is 12.4. The summed E-state index contributed by atoms with van der Waals surface area (Å²) >= 11 is 3.45. The minimum absolute atomic E-state index is 0.230. The zero-order chi connectivity index (χ0) is 14.1. The molecule has 0 unspecified atom stereocenters. The first-order chi connectivity index (χ1) is 9.65. The van der Waals surface area contributed by atoms with Gasteiger partial charge in [-0.05, 0) is 46.6 Å². The number of anilines is 1. The largest absolute Gasteiger partial charge is 0.320 e. The van der Waals surface area contributed by atoms with Crippen LogP contribution in [0, 0.1) is 6.92 Å². The quantitative estimate of drug-likeness (QED) is 0.749. The SMILES string of the molecule is Cc1ccc(NC(=O)c2n[nH]c3ccccc23)c(Br)c1. The third kappa shape index (κ3) is 2.32. The molecule has 0 radical (unpaired) electrons. The molecule has 0 spiro atoms. The molecule has 1 amide bonds. The van der Waals surface area contributed by atoms with Crippen molar-refractivity contribution in [3.05, 3.63) is 58.2 Å². The summed E-state index contributed by atoms with van der Waals surface area (Å²) in [5, 5.41) is 10.6. The Kier molecular flexibility index (Phi) is 3.28. The predicted molar refractivity (Wildman–Crippen MR) is 82.9 cm³/mol. The Labute approximate surface area is 124 Å². The first-order valence-corrected chi connectivity index (χ1v) is 6.95. The number of nitrogens with zero attached hydrogens (tertiary/aromatic N) is 1. The Morgan fingerprint density at radius 3 is 2.85 bits per heavy atom. The van der Waals surface area contributed by atoms with Gasteiger partial charge in [-0.25, -0.2) is 0 Å². The van der Waals surface area contributed by atoms with Crippen molar-refractivity contribution in [1.82, 2.24) is 10.2 Å². The summed E-state index contributed by atoms with van der Waals surface area (Å²) in [6.07, 6.45) is 0. The summed E-state index contributed by atoms with van der Waals surface area (Å²) in [7, 11) is 0. The van der Waals surface area contributed by atoms with E-state index in [1.807, 2.05) is 49.4 Å². The summed E-state index contributed by atoms with van der Waals surface area (Å²) < 4.78 is 0.852. The van der Waals surface area contributed by atoms with Crippen molar-refractivity contribution < 1.29 is 4.79 Å². The number of benzene rings is 2. The number of fused-ring (bicyclic) bond motifs is 1. The molecule has 3 aromatic rings. The van der Waals surface area contributed by atoms with Crippen molar-refractivity contribution in [3.8, 4) is 0 Å². The molecule has 0 fully saturated rings. The van der Waals surface area contributed by atoms with E-state index < -0.39 is 0 Å². The van der Waals surface area contributed by atoms with Gasteiger partial charge in [-0.2, -0.15) is 5.10 Å². The molecule has 2 N–H and O–H groups in total. The first kappa shape index (κ1) is 12.9. The van der Waals surface area contributed by atoms with Gasteiger partial charge in [0.1, 0.15) is 0 Å². The second-order valence-electron chi connectivity index (χ2n) is 4.56. The number of halogens is 1. The van der Waals surface area contributed by atoms with E-state index in [4.69, 9.17) is 0 Å². The number of H-pyrrole nitrogens is 1. The van der Waals surface area contributed by atoms with Crippen LogP contribution in [-0.2, 0) is 0 Å². The van der Waals surface area contributed by atoms with Crippen LogP contribution in [0.1, 0.15) is 16.1 Å². The number of para-hydroxylation sites is 1. The monoisotopic (exact) mass is 329 g/mol. The molecule has 0 saturated heterocycles. The van der Waals surface area contributed by atoms with E-state index in [9.17, 15) is 4.79 Å². The molecule has 0 aliphatic rings. The molecule has 0 atom stereocenters. The number of aromatic amines is 1. The van der Waals surface area contributed by atoms with Gasteiger partial charge in [0.2, 0.25) is 0 Å². The van der Waals surface area contributed by atoms with Crippen LogP contribution in [0.3, 0.4) is 0 Å². The highest BCUT2D eigenvalue weighted by atomic mass is 79.9. The maximum absolute atomic E-state index is 12.3. The lowest BCUT2D eigenvalue weighted by Gasteiger charge is -2.06. The van der Waals surface area contributed by atoms with Gasteiger partial charge in [-0.3, -0.25) is 9.89 Å². The Hall–Kier alpha value is -2.14. The number of rotatable bonds is 2. The summed E-state index contributed by atoms with van der Waals surface area (Å²) in [6, 6.07) is 13.3. The van der Waals surface area contributed by atoms with Crippen LogP contribution in [0.15, 0.2) is 46.9 Å². The molecule has 4 nitrogen and oxygen atoms in total. The van der Waals surface area contributed by atoms with E-state index in [1.54, 1.807) is 0 Å². The van der Waals surface area contributed by atoms with Crippen molar-refractivity contribution >= 4 is 38.4 Å². The van der Waals surface area contributed by atoms with Crippen LogP contribution in [0.4, 0.5) is 5.69 Å². The van der Waals surface area contributed by atoms with Crippen molar-refractivity contribution in [1.29, 1.82) is 0 Å². The molecule has 3 rings (SSSR count). The van der Waals surface area contributed by atoms with Gasteiger partial charge in [0.15, 0.2) is 5.69 Å². The van der Waals surface area contributed by atoms with E-state index >= 15 is 0 Å². The minimum Gasteiger partial charge on any atom is -0.320 e. The number of carbonyl (C=O) groups excluding carboxylic acids is 1. The van der Waals surface area contributed by atoms with Crippen molar-refractivity contribution in [2.24, 2.45) is 0 Å². The minimum atomic E-state index is -0.230. The second-order valence-corrected chi connectivity index (χ2v) is 5.41. The molecule has 0 aliphatic carbocycles. The molecule has 1 heterocycles. The third-order valence-corrected chi connectivity index (χ3v) is 3.71. The molecular formula is C15H12BrN3O. The van der Waals surface area contributed by atoms with E-state index in [0.29, 0.717) is 5.69 Å². The highest BCUT2D eigenvalue weighted by Crippen LogP contribution is 2.24. The highest BCUT2D eigenvalue weighted by molar-refractivity contribution is 9.10. The van der Waals surface area contributed by atoms with Gasteiger partial charge in [0.05, 0.1) is 11.2 Å². The Morgan fingerprint density at radius 1 is 1.25 bits per heavy atom. The molecule has 100 valence electrons. The van der Waals surface area contributed by atoms with Gasteiger partial charge in [0, 0.05) is 9.86 Å². The second kappa shape index (κ2) is 5.09. The average molecular weight is 330 g/mol. The maximum atomic E-state index is 12.3. The van der Waals surface area contributed by atoms with E-state index in [0.717, 1.165) is 26.6 Å². The molecule has 0 saturated carbocycles. The number of hydrogen-bond acceptors (Lipinski definition) is 2. The number of aromatic nitrogens is 2. The van der Waals surface area contributed by atoms with Crippen LogP contribution in [0.2, 0.25) is 0 Å². The summed E-state index contributed by atoms with van der Waals surface area (Å²) in [5.41, 5.74) is 3.10. The van der Waals surface area contributed by atoms with Crippen molar-refractivity contribution in [3.63, 3.8) is 0 Å². The fourth-order valence-corrected chi connectivity index (χ4v) is 2.63. The lowest BCUT2D eigenvalue weighted by molar-refractivity contribution is 0.102. The average Bonchev–Trinajstić information content (AvgIpc) is 2.86. The van der Waals surface area contributed by atoms with Gasteiger partial charge in [0.25, 0.3) is 5.91 Å². The zero-order valence-electron chi connectivity index (χ0n) is 10.8. The van der Waals surface area contributed by atoms with Gasteiger partial charge in [-0.15, -0.1) is 0 Å². The molecule has 0 aliphatic heterocycles. The molecular weight excluding hydrogens is 318 g/mol. The molecule has 1 aromatic heterocycles. The van der Waals surface area contributed by atoms with Crippen molar-refractivity contribution in [2.75, 3.05) is 5.32 Å². The lowest BCUT2D eigenvalue weighted by Crippen LogP contribution is -2.13. The van der Waals surface area contributed by atoms with Crippen LogP contribution < -0.4 is 5.32 Å².